The van der Waals surface area contributed by atoms with Gasteiger partial charge in [0.1, 0.15) is 11.3 Å². The maximum absolute atomic E-state index is 11.9. The van der Waals surface area contributed by atoms with Crippen molar-refractivity contribution in [3.63, 3.8) is 0 Å². The lowest BCUT2D eigenvalue weighted by Gasteiger charge is -1.98. The van der Waals surface area contributed by atoms with Gasteiger partial charge in [-0.15, -0.1) is 0 Å². The largest absolute Gasteiger partial charge is 0.361 e. The minimum Gasteiger partial charge on any atom is -0.361 e. The summed E-state index contributed by atoms with van der Waals surface area (Å²) < 4.78 is 4.93. The van der Waals surface area contributed by atoms with Crippen molar-refractivity contribution in [2.24, 2.45) is 5.10 Å². The van der Waals surface area contributed by atoms with Crippen LogP contribution in [0.4, 0.5) is 0 Å². The zero-order chi connectivity index (χ0) is 13.8. The van der Waals surface area contributed by atoms with E-state index in [-0.39, 0.29) is 5.91 Å². The van der Waals surface area contributed by atoms with Crippen LogP contribution in [0.15, 0.2) is 33.9 Å². The van der Waals surface area contributed by atoms with Crippen LogP contribution in [0.5, 0.6) is 0 Å². The first kappa shape index (κ1) is 13.0. The number of hydrogen-bond acceptors (Lipinski definition) is 4. The van der Waals surface area contributed by atoms with Gasteiger partial charge in [0.15, 0.2) is 0 Å². The molecule has 0 fully saturated rings. The Labute approximate surface area is 111 Å². The average Bonchev–Trinajstić information content (AvgIpc) is 2.71. The summed E-state index contributed by atoms with van der Waals surface area (Å²) in [5, 5.41) is 7.64. The predicted octanol–water partition coefficient (Wildman–Crippen LogP) is 2.36. The van der Waals surface area contributed by atoms with Crippen molar-refractivity contribution in [3.05, 3.63) is 52.4 Å². The van der Waals surface area contributed by atoms with Gasteiger partial charge < -0.3 is 4.52 Å². The minimum absolute atomic E-state index is 0.320. The maximum atomic E-state index is 11.9. The number of rotatable bonds is 3. The molecule has 1 aromatic carbocycles. The van der Waals surface area contributed by atoms with Crippen molar-refractivity contribution >= 4 is 12.1 Å². The van der Waals surface area contributed by atoms with E-state index in [1.807, 2.05) is 31.2 Å². The van der Waals surface area contributed by atoms with Gasteiger partial charge in [-0.2, -0.15) is 5.10 Å². The van der Waals surface area contributed by atoms with E-state index in [1.54, 1.807) is 20.1 Å². The number of hydrogen-bond donors (Lipinski definition) is 1. The molecule has 0 radical (unpaired) electrons. The van der Waals surface area contributed by atoms with Crippen LogP contribution in [0, 0.1) is 20.8 Å². The fraction of sp³-hybridized carbons (Fsp3) is 0.214. The van der Waals surface area contributed by atoms with Crippen molar-refractivity contribution in [1.29, 1.82) is 0 Å². The van der Waals surface area contributed by atoms with Gasteiger partial charge in [-0.05, 0) is 26.3 Å². The van der Waals surface area contributed by atoms with E-state index in [0.29, 0.717) is 17.0 Å². The normalized spacial score (nSPS) is 10.9. The van der Waals surface area contributed by atoms with Crippen molar-refractivity contribution in [1.82, 2.24) is 10.6 Å². The monoisotopic (exact) mass is 257 g/mol. The number of nitrogens with one attached hydrogen (secondary N) is 1. The molecule has 1 aromatic heterocycles. The summed E-state index contributed by atoms with van der Waals surface area (Å²) in [6.45, 7) is 5.42. The molecule has 1 heterocycles. The van der Waals surface area contributed by atoms with E-state index in [4.69, 9.17) is 4.52 Å². The molecule has 0 aliphatic rings. The molecule has 0 unspecified atom stereocenters. The van der Waals surface area contributed by atoms with Gasteiger partial charge in [0.25, 0.3) is 5.91 Å². The first-order chi connectivity index (χ1) is 9.08. The fourth-order valence-corrected chi connectivity index (χ4v) is 1.68. The Morgan fingerprint density at radius 3 is 2.53 bits per heavy atom. The Bertz CT molecular complexity index is 593. The SMILES string of the molecule is Cc1ccc(/C=N/NC(=O)c2c(C)noc2C)cc1. The van der Waals surface area contributed by atoms with Gasteiger partial charge in [0, 0.05) is 0 Å². The topological polar surface area (TPSA) is 67.5 Å². The summed E-state index contributed by atoms with van der Waals surface area (Å²) in [6.07, 6.45) is 1.59. The van der Waals surface area contributed by atoms with Gasteiger partial charge in [-0.3, -0.25) is 4.79 Å². The van der Waals surface area contributed by atoms with Crippen LogP contribution in [0.25, 0.3) is 0 Å². The van der Waals surface area contributed by atoms with Gasteiger partial charge in [0.2, 0.25) is 0 Å². The van der Waals surface area contributed by atoms with Crippen LogP contribution < -0.4 is 5.43 Å². The molecule has 19 heavy (non-hydrogen) atoms. The molecule has 0 saturated heterocycles. The molecular formula is C14H15N3O2. The number of amides is 1. The Balaban J connectivity index is 2.03. The molecule has 5 nitrogen and oxygen atoms in total. The standard InChI is InChI=1S/C14H15N3O2/c1-9-4-6-12(7-5-9)8-15-16-14(18)13-10(2)17-19-11(13)3/h4-8H,1-3H3,(H,16,18)/b15-8+. The zero-order valence-electron chi connectivity index (χ0n) is 11.1. The van der Waals surface area contributed by atoms with Crippen LogP contribution in [0.1, 0.15) is 32.9 Å². The van der Waals surface area contributed by atoms with E-state index in [2.05, 4.69) is 15.7 Å². The lowest BCUT2D eigenvalue weighted by Crippen LogP contribution is -2.18. The molecule has 2 rings (SSSR count). The van der Waals surface area contributed by atoms with Gasteiger partial charge in [-0.1, -0.05) is 35.0 Å². The molecule has 0 atom stereocenters. The molecule has 0 aliphatic heterocycles. The predicted molar refractivity (Wildman–Crippen MR) is 72.2 cm³/mol. The minimum atomic E-state index is -0.320. The third-order valence-electron chi connectivity index (χ3n) is 2.72. The third kappa shape index (κ3) is 3.07. The number of aromatic nitrogens is 1. The third-order valence-corrected chi connectivity index (χ3v) is 2.72. The number of nitrogens with zero attached hydrogens (tertiary/aromatic N) is 2. The highest BCUT2D eigenvalue weighted by molar-refractivity contribution is 5.96. The second-order valence-electron chi connectivity index (χ2n) is 4.31. The molecule has 0 bridgehead atoms. The first-order valence-corrected chi connectivity index (χ1v) is 5.91. The zero-order valence-corrected chi connectivity index (χ0v) is 11.1. The molecule has 1 amide bonds. The molecule has 1 N–H and O–H groups in total. The van der Waals surface area contributed by atoms with Crippen LogP contribution in [-0.4, -0.2) is 17.3 Å². The van der Waals surface area contributed by atoms with Crippen LogP contribution in [0.3, 0.4) is 0 Å². The highest BCUT2D eigenvalue weighted by Crippen LogP contribution is 2.11. The van der Waals surface area contributed by atoms with E-state index in [1.165, 1.54) is 5.56 Å². The molecule has 0 saturated carbocycles. The van der Waals surface area contributed by atoms with E-state index >= 15 is 0 Å². The van der Waals surface area contributed by atoms with Crippen molar-refractivity contribution in [2.75, 3.05) is 0 Å². The summed E-state index contributed by atoms with van der Waals surface area (Å²) in [5.74, 6) is 0.167. The number of aryl methyl sites for hydroxylation is 3. The van der Waals surface area contributed by atoms with Gasteiger partial charge in [0.05, 0.1) is 11.9 Å². The summed E-state index contributed by atoms with van der Waals surface area (Å²) in [4.78, 5) is 11.9. The number of benzene rings is 1. The second-order valence-corrected chi connectivity index (χ2v) is 4.31. The van der Waals surface area contributed by atoms with Crippen molar-refractivity contribution < 1.29 is 9.32 Å². The molecule has 2 aromatic rings. The van der Waals surface area contributed by atoms with Crippen LogP contribution in [-0.2, 0) is 0 Å². The molecule has 98 valence electrons. The molecule has 0 spiro atoms. The molecule has 5 heteroatoms. The Kier molecular flexibility index (Phi) is 3.75. The smallest absolute Gasteiger partial charge is 0.276 e. The summed E-state index contributed by atoms with van der Waals surface area (Å²) in [7, 11) is 0. The lowest BCUT2D eigenvalue weighted by atomic mass is 10.2. The van der Waals surface area contributed by atoms with Crippen molar-refractivity contribution in [2.45, 2.75) is 20.8 Å². The molecular weight excluding hydrogens is 242 g/mol. The van der Waals surface area contributed by atoms with E-state index in [9.17, 15) is 4.79 Å². The highest BCUT2D eigenvalue weighted by Gasteiger charge is 2.16. The highest BCUT2D eigenvalue weighted by atomic mass is 16.5. The quantitative estimate of drug-likeness (QED) is 0.678. The Morgan fingerprint density at radius 2 is 1.95 bits per heavy atom. The summed E-state index contributed by atoms with van der Waals surface area (Å²) >= 11 is 0. The maximum Gasteiger partial charge on any atom is 0.276 e. The lowest BCUT2D eigenvalue weighted by molar-refractivity contribution is 0.0953. The van der Waals surface area contributed by atoms with E-state index < -0.39 is 0 Å². The number of hydrazone groups is 1. The number of carbonyl (C=O) groups is 1. The summed E-state index contributed by atoms with van der Waals surface area (Å²) in [5.41, 5.74) is 5.55. The molecule has 0 aliphatic carbocycles. The fourth-order valence-electron chi connectivity index (χ4n) is 1.68. The van der Waals surface area contributed by atoms with Gasteiger partial charge >= 0.3 is 0 Å². The van der Waals surface area contributed by atoms with Crippen LogP contribution >= 0.6 is 0 Å². The summed E-state index contributed by atoms with van der Waals surface area (Å²) in [6, 6.07) is 7.83. The Hall–Kier alpha value is -2.43. The first-order valence-electron chi connectivity index (χ1n) is 5.91. The average molecular weight is 257 g/mol. The van der Waals surface area contributed by atoms with Crippen molar-refractivity contribution in [3.8, 4) is 0 Å². The number of carbonyl (C=O) groups excluding carboxylic acids is 1. The van der Waals surface area contributed by atoms with E-state index in [0.717, 1.165) is 5.56 Å². The van der Waals surface area contributed by atoms with Crippen LogP contribution in [0.2, 0.25) is 0 Å². The Morgan fingerprint density at radius 1 is 1.26 bits per heavy atom. The second kappa shape index (κ2) is 5.48. The van der Waals surface area contributed by atoms with Gasteiger partial charge in [-0.25, -0.2) is 5.43 Å².